The fourth-order valence-electron chi connectivity index (χ4n) is 1.74. The molecule has 2 N–H and O–H groups in total. The van der Waals surface area contributed by atoms with Crippen LogP contribution in [0.15, 0.2) is 12.1 Å². The maximum absolute atomic E-state index is 12.4. The number of hydrogen-bond acceptors (Lipinski definition) is 5. The van der Waals surface area contributed by atoms with Crippen LogP contribution in [0.25, 0.3) is 0 Å². The highest BCUT2D eigenvalue weighted by molar-refractivity contribution is 5.99. The van der Waals surface area contributed by atoms with Crippen LogP contribution in [-0.2, 0) is 0 Å². The lowest BCUT2D eigenvalue weighted by molar-refractivity contribution is 0.0787. The van der Waals surface area contributed by atoms with Crippen molar-refractivity contribution in [1.82, 2.24) is 9.80 Å². The van der Waals surface area contributed by atoms with Crippen LogP contribution in [0.2, 0.25) is 0 Å². The number of ether oxygens (including phenoxy) is 2. The summed E-state index contributed by atoms with van der Waals surface area (Å²) in [4.78, 5) is 16.0. The van der Waals surface area contributed by atoms with Crippen LogP contribution in [0.4, 0.5) is 5.69 Å². The van der Waals surface area contributed by atoms with Gasteiger partial charge in [0.15, 0.2) is 11.5 Å². The molecule has 0 atom stereocenters. The molecule has 6 nitrogen and oxygen atoms in total. The van der Waals surface area contributed by atoms with Gasteiger partial charge in [-0.15, -0.1) is 0 Å². The van der Waals surface area contributed by atoms with Gasteiger partial charge in [0, 0.05) is 31.9 Å². The van der Waals surface area contributed by atoms with Gasteiger partial charge in [-0.2, -0.15) is 0 Å². The van der Waals surface area contributed by atoms with Crippen molar-refractivity contribution >= 4 is 11.6 Å². The quantitative estimate of drug-likeness (QED) is 0.785. The normalized spacial score (nSPS) is 10.5. The molecule has 0 fully saturated rings. The zero-order chi connectivity index (χ0) is 15.3. The van der Waals surface area contributed by atoms with Gasteiger partial charge in [-0.25, -0.2) is 0 Å². The first-order valence-corrected chi connectivity index (χ1v) is 6.32. The number of rotatable bonds is 6. The number of nitrogens with zero attached hydrogens (tertiary/aromatic N) is 2. The van der Waals surface area contributed by atoms with Gasteiger partial charge in [0.2, 0.25) is 0 Å². The Balaban J connectivity index is 2.97. The lowest BCUT2D eigenvalue weighted by Crippen LogP contribution is -2.33. The molecule has 0 spiro atoms. The van der Waals surface area contributed by atoms with Crippen LogP contribution in [0.5, 0.6) is 11.5 Å². The standard InChI is InChI=1S/C14H23N3O3/c1-16(2)6-7-17(3)14(18)10-8-12(19-4)13(20-5)9-11(10)15/h8-9H,6-7,15H2,1-5H3. The average molecular weight is 281 g/mol. The van der Waals surface area contributed by atoms with Gasteiger partial charge < -0.3 is 25.0 Å². The number of likely N-dealkylation sites (N-methyl/N-ethyl adjacent to an activating group) is 2. The Bertz CT molecular complexity index is 475. The van der Waals surface area contributed by atoms with Crippen molar-refractivity contribution in [3.63, 3.8) is 0 Å². The Morgan fingerprint density at radius 1 is 1.10 bits per heavy atom. The summed E-state index contributed by atoms with van der Waals surface area (Å²) in [6, 6.07) is 3.22. The molecule has 1 amide bonds. The van der Waals surface area contributed by atoms with Gasteiger partial charge in [0.05, 0.1) is 19.8 Å². The van der Waals surface area contributed by atoms with E-state index in [0.29, 0.717) is 29.3 Å². The van der Waals surface area contributed by atoms with Crippen LogP contribution >= 0.6 is 0 Å². The van der Waals surface area contributed by atoms with Gasteiger partial charge in [-0.05, 0) is 20.2 Å². The monoisotopic (exact) mass is 281 g/mol. The number of amides is 1. The molecular weight excluding hydrogens is 258 g/mol. The molecule has 1 rings (SSSR count). The number of nitrogens with two attached hydrogens (primary N) is 1. The van der Waals surface area contributed by atoms with Crippen LogP contribution in [0, 0.1) is 0 Å². The first kappa shape index (κ1) is 16.1. The molecule has 0 saturated heterocycles. The van der Waals surface area contributed by atoms with Crippen LogP contribution in [0.1, 0.15) is 10.4 Å². The molecule has 0 saturated carbocycles. The van der Waals surface area contributed by atoms with E-state index in [0.717, 1.165) is 6.54 Å². The molecule has 0 radical (unpaired) electrons. The number of carbonyl (C=O) groups excluding carboxylic acids is 1. The summed E-state index contributed by atoms with van der Waals surface area (Å²) in [7, 11) is 8.73. The molecule has 1 aromatic carbocycles. The highest BCUT2D eigenvalue weighted by atomic mass is 16.5. The zero-order valence-electron chi connectivity index (χ0n) is 12.8. The predicted octanol–water partition coefficient (Wildman–Crippen LogP) is 0.920. The van der Waals surface area contributed by atoms with Crippen molar-refractivity contribution in [2.75, 3.05) is 54.2 Å². The highest BCUT2D eigenvalue weighted by Crippen LogP contribution is 2.32. The molecule has 0 aliphatic carbocycles. The third-order valence-corrected chi connectivity index (χ3v) is 3.02. The van der Waals surface area contributed by atoms with Gasteiger partial charge in [0.25, 0.3) is 5.91 Å². The second-order valence-corrected chi connectivity index (χ2v) is 4.82. The first-order valence-electron chi connectivity index (χ1n) is 6.32. The number of methoxy groups -OCH3 is 2. The Hall–Kier alpha value is -1.95. The highest BCUT2D eigenvalue weighted by Gasteiger charge is 2.18. The van der Waals surface area contributed by atoms with E-state index in [9.17, 15) is 4.79 Å². The van der Waals surface area contributed by atoms with Gasteiger partial charge in [0.1, 0.15) is 0 Å². The summed E-state index contributed by atoms with van der Waals surface area (Å²) < 4.78 is 10.4. The summed E-state index contributed by atoms with van der Waals surface area (Å²) in [5.41, 5.74) is 6.72. The third-order valence-electron chi connectivity index (χ3n) is 3.02. The minimum absolute atomic E-state index is 0.134. The average Bonchev–Trinajstić information content (AvgIpc) is 2.43. The van der Waals surface area contributed by atoms with E-state index in [2.05, 4.69) is 0 Å². The maximum Gasteiger partial charge on any atom is 0.255 e. The van der Waals surface area contributed by atoms with Crippen LogP contribution < -0.4 is 15.2 Å². The summed E-state index contributed by atoms with van der Waals surface area (Å²) in [6.45, 7) is 1.41. The minimum Gasteiger partial charge on any atom is -0.493 e. The van der Waals surface area contributed by atoms with E-state index in [1.807, 2.05) is 19.0 Å². The summed E-state index contributed by atoms with van der Waals surface area (Å²) in [6.07, 6.45) is 0. The fourth-order valence-corrected chi connectivity index (χ4v) is 1.74. The number of nitrogen functional groups attached to an aromatic ring is 1. The van der Waals surface area contributed by atoms with E-state index < -0.39 is 0 Å². The second kappa shape index (κ2) is 7.00. The topological polar surface area (TPSA) is 68.0 Å². The lowest BCUT2D eigenvalue weighted by Gasteiger charge is -2.21. The minimum atomic E-state index is -0.134. The SMILES string of the molecule is COc1cc(N)c(C(=O)N(C)CCN(C)C)cc1OC. The van der Waals surface area contributed by atoms with Gasteiger partial charge in [-0.1, -0.05) is 0 Å². The molecule has 6 heteroatoms. The molecule has 0 aliphatic heterocycles. The Morgan fingerprint density at radius 3 is 2.15 bits per heavy atom. The largest absolute Gasteiger partial charge is 0.493 e. The van der Waals surface area contributed by atoms with Crippen molar-refractivity contribution in [3.05, 3.63) is 17.7 Å². The van der Waals surface area contributed by atoms with Crippen molar-refractivity contribution in [1.29, 1.82) is 0 Å². The van der Waals surface area contributed by atoms with E-state index in [-0.39, 0.29) is 5.91 Å². The number of anilines is 1. The number of hydrogen-bond donors (Lipinski definition) is 1. The van der Waals surface area contributed by atoms with Crippen LogP contribution in [-0.4, -0.2) is 64.2 Å². The molecular formula is C14H23N3O3. The van der Waals surface area contributed by atoms with Gasteiger partial charge in [-0.3, -0.25) is 4.79 Å². The first-order chi connectivity index (χ1) is 9.40. The molecule has 0 unspecified atom stereocenters. The fraction of sp³-hybridized carbons (Fsp3) is 0.500. The molecule has 0 aromatic heterocycles. The molecule has 0 aliphatic rings. The van der Waals surface area contributed by atoms with E-state index in [1.165, 1.54) is 14.2 Å². The molecule has 112 valence electrons. The molecule has 1 aromatic rings. The zero-order valence-corrected chi connectivity index (χ0v) is 12.8. The van der Waals surface area contributed by atoms with Crippen LogP contribution in [0.3, 0.4) is 0 Å². The Labute approximate surface area is 120 Å². The van der Waals surface area contributed by atoms with Crippen molar-refractivity contribution in [2.24, 2.45) is 0 Å². The van der Waals surface area contributed by atoms with E-state index in [1.54, 1.807) is 24.1 Å². The summed E-state index contributed by atoms with van der Waals surface area (Å²) in [5.74, 6) is 0.869. The van der Waals surface area contributed by atoms with Crippen molar-refractivity contribution < 1.29 is 14.3 Å². The molecule has 20 heavy (non-hydrogen) atoms. The number of benzene rings is 1. The van der Waals surface area contributed by atoms with E-state index in [4.69, 9.17) is 15.2 Å². The Kier molecular flexibility index (Phi) is 5.64. The second-order valence-electron chi connectivity index (χ2n) is 4.82. The predicted molar refractivity (Wildman–Crippen MR) is 79.5 cm³/mol. The van der Waals surface area contributed by atoms with E-state index >= 15 is 0 Å². The Morgan fingerprint density at radius 2 is 1.65 bits per heavy atom. The molecule has 0 bridgehead atoms. The van der Waals surface area contributed by atoms with Crippen molar-refractivity contribution in [2.45, 2.75) is 0 Å². The third kappa shape index (κ3) is 3.77. The van der Waals surface area contributed by atoms with Crippen molar-refractivity contribution in [3.8, 4) is 11.5 Å². The van der Waals surface area contributed by atoms with Gasteiger partial charge >= 0.3 is 0 Å². The lowest BCUT2D eigenvalue weighted by atomic mass is 10.1. The smallest absolute Gasteiger partial charge is 0.255 e. The maximum atomic E-state index is 12.4. The summed E-state index contributed by atoms with van der Waals surface area (Å²) in [5, 5.41) is 0. The number of carbonyl (C=O) groups is 1. The summed E-state index contributed by atoms with van der Waals surface area (Å²) >= 11 is 0. The molecule has 0 heterocycles.